The fraction of sp³-hybridized carbons (Fsp3) is 0.647. The first kappa shape index (κ1) is 14.2. The van der Waals surface area contributed by atoms with E-state index in [0.29, 0.717) is 12.0 Å². The van der Waals surface area contributed by atoms with Crippen LogP contribution in [-0.2, 0) is 0 Å². The van der Waals surface area contributed by atoms with Crippen LogP contribution in [0, 0.1) is 6.92 Å². The molecule has 0 aliphatic heterocycles. The second-order valence-corrected chi connectivity index (χ2v) is 6.13. The highest BCUT2D eigenvalue weighted by Gasteiger charge is 2.17. The molecule has 1 aliphatic carbocycles. The van der Waals surface area contributed by atoms with Gasteiger partial charge in [0.15, 0.2) is 0 Å². The first-order valence-corrected chi connectivity index (χ1v) is 7.64. The Hall–Kier alpha value is -1.18. The van der Waals surface area contributed by atoms with E-state index < -0.39 is 0 Å². The summed E-state index contributed by atoms with van der Waals surface area (Å²) < 4.78 is 6.31. The monoisotopic (exact) mass is 261 g/mol. The number of ether oxygens (including phenoxy) is 1. The molecular weight excluding hydrogens is 234 g/mol. The van der Waals surface area contributed by atoms with Crippen molar-refractivity contribution in [3.63, 3.8) is 0 Å². The molecule has 19 heavy (non-hydrogen) atoms. The number of anilines is 1. The van der Waals surface area contributed by atoms with Crippen molar-refractivity contribution in [2.45, 2.75) is 71.3 Å². The van der Waals surface area contributed by atoms with Gasteiger partial charge in [-0.05, 0) is 61.8 Å². The summed E-state index contributed by atoms with van der Waals surface area (Å²) in [6, 6.07) is 4.21. The largest absolute Gasteiger partial charge is 0.490 e. The van der Waals surface area contributed by atoms with Gasteiger partial charge in [-0.1, -0.05) is 26.7 Å². The minimum absolute atomic E-state index is 0.392. The minimum atomic E-state index is 0.392. The van der Waals surface area contributed by atoms with Crippen LogP contribution < -0.4 is 10.5 Å². The van der Waals surface area contributed by atoms with Crippen molar-refractivity contribution in [1.29, 1.82) is 0 Å². The van der Waals surface area contributed by atoms with Gasteiger partial charge in [0.25, 0.3) is 0 Å². The van der Waals surface area contributed by atoms with Gasteiger partial charge in [0.2, 0.25) is 0 Å². The molecule has 2 rings (SSSR count). The van der Waals surface area contributed by atoms with Crippen LogP contribution in [0.5, 0.6) is 5.75 Å². The average Bonchev–Trinajstić information content (AvgIpc) is 2.62. The topological polar surface area (TPSA) is 35.2 Å². The smallest absolute Gasteiger partial charge is 0.123 e. The van der Waals surface area contributed by atoms with Crippen LogP contribution in [-0.4, -0.2) is 6.10 Å². The van der Waals surface area contributed by atoms with E-state index in [1.54, 1.807) is 0 Å². The van der Waals surface area contributed by atoms with Gasteiger partial charge in [-0.25, -0.2) is 0 Å². The van der Waals surface area contributed by atoms with Crippen molar-refractivity contribution in [3.05, 3.63) is 23.3 Å². The number of nitrogens with two attached hydrogens (primary N) is 1. The predicted octanol–water partition coefficient (Wildman–Crippen LogP) is 4.80. The molecule has 0 atom stereocenters. The Kier molecular flexibility index (Phi) is 4.73. The second kappa shape index (κ2) is 6.31. The van der Waals surface area contributed by atoms with Gasteiger partial charge in [0, 0.05) is 5.69 Å². The maximum Gasteiger partial charge on any atom is 0.123 e. The van der Waals surface area contributed by atoms with Crippen LogP contribution in [0.1, 0.15) is 69.4 Å². The van der Waals surface area contributed by atoms with Crippen molar-refractivity contribution in [2.75, 3.05) is 5.73 Å². The van der Waals surface area contributed by atoms with Crippen molar-refractivity contribution in [1.82, 2.24) is 0 Å². The number of benzene rings is 1. The van der Waals surface area contributed by atoms with E-state index in [1.165, 1.54) is 44.1 Å². The Morgan fingerprint density at radius 1 is 1.11 bits per heavy atom. The normalized spacial score (nSPS) is 17.5. The summed E-state index contributed by atoms with van der Waals surface area (Å²) >= 11 is 0. The van der Waals surface area contributed by atoms with E-state index in [9.17, 15) is 0 Å². The second-order valence-electron chi connectivity index (χ2n) is 6.13. The van der Waals surface area contributed by atoms with Gasteiger partial charge < -0.3 is 10.5 Å². The Bertz CT molecular complexity index is 418. The molecule has 0 bridgehead atoms. The summed E-state index contributed by atoms with van der Waals surface area (Å²) in [6.07, 6.45) is 8.10. The highest BCUT2D eigenvalue weighted by molar-refractivity contribution is 5.55. The van der Waals surface area contributed by atoms with E-state index in [2.05, 4.69) is 32.9 Å². The van der Waals surface area contributed by atoms with Gasteiger partial charge in [0.05, 0.1) is 6.10 Å². The lowest BCUT2D eigenvalue weighted by Gasteiger charge is -2.22. The Morgan fingerprint density at radius 3 is 2.32 bits per heavy atom. The van der Waals surface area contributed by atoms with E-state index in [4.69, 9.17) is 10.5 Å². The molecule has 2 nitrogen and oxygen atoms in total. The quantitative estimate of drug-likeness (QED) is 0.626. The molecule has 0 radical (unpaired) electrons. The van der Waals surface area contributed by atoms with Crippen LogP contribution in [0.3, 0.4) is 0 Å². The van der Waals surface area contributed by atoms with Crippen molar-refractivity contribution in [2.24, 2.45) is 0 Å². The van der Waals surface area contributed by atoms with Crippen molar-refractivity contribution < 1.29 is 4.74 Å². The first-order chi connectivity index (χ1) is 9.08. The Balaban J connectivity index is 2.20. The standard InChI is InChI=1S/C17H27NO/c1-12(2)15-11-16(18)13(3)10-17(15)19-14-8-6-4-5-7-9-14/h10-12,14H,4-9,18H2,1-3H3. The molecule has 1 aromatic carbocycles. The fourth-order valence-corrected chi connectivity index (χ4v) is 2.81. The third-order valence-electron chi connectivity index (χ3n) is 4.12. The predicted molar refractivity (Wildman–Crippen MR) is 81.8 cm³/mol. The number of hydrogen-bond acceptors (Lipinski definition) is 2. The van der Waals surface area contributed by atoms with E-state index in [1.807, 2.05) is 0 Å². The highest BCUT2D eigenvalue weighted by Crippen LogP contribution is 2.33. The highest BCUT2D eigenvalue weighted by atomic mass is 16.5. The third-order valence-corrected chi connectivity index (χ3v) is 4.12. The number of hydrogen-bond donors (Lipinski definition) is 1. The van der Waals surface area contributed by atoms with Crippen molar-refractivity contribution in [3.8, 4) is 5.75 Å². The minimum Gasteiger partial charge on any atom is -0.490 e. The fourth-order valence-electron chi connectivity index (χ4n) is 2.81. The molecule has 1 fully saturated rings. The summed E-state index contributed by atoms with van der Waals surface area (Å²) in [5, 5.41) is 0. The molecule has 0 heterocycles. The summed E-state index contributed by atoms with van der Waals surface area (Å²) in [7, 11) is 0. The zero-order valence-corrected chi connectivity index (χ0v) is 12.5. The maximum atomic E-state index is 6.31. The average molecular weight is 261 g/mol. The van der Waals surface area contributed by atoms with Crippen molar-refractivity contribution >= 4 is 5.69 Å². The SMILES string of the molecule is Cc1cc(OC2CCCCCC2)c(C(C)C)cc1N. The van der Waals surface area contributed by atoms with Gasteiger partial charge >= 0.3 is 0 Å². The first-order valence-electron chi connectivity index (χ1n) is 7.64. The van der Waals surface area contributed by atoms with Gasteiger partial charge in [-0.15, -0.1) is 0 Å². The summed E-state index contributed by atoms with van der Waals surface area (Å²) in [5.74, 6) is 1.50. The van der Waals surface area contributed by atoms with Gasteiger partial charge in [-0.2, -0.15) is 0 Å². The molecule has 1 aliphatic rings. The molecular formula is C17H27NO. The van der Waals surface area contributed by atoms with E-state index in [0.717, 1.165) is 17.0 Å². The number of aryl methyl sites for hydroxylation is 1. The van der Waals surface area contributed by atoms with Crippen LogP contribution in [0.25, 0.3) is 0 Å². The lowest BCUT2D eigenvalue weighted by Crippen LogP contribution is -2.16. The van der Waals surface area contributed by atoms with Crippen LogP contribution >= 0.6 is 0 Å². The van der Waals surface area contributed by atoms with Crippen LogP contribution in [0.2, 0.25) is 0 Å². The van der Waals surface area contributed by atoms with Gasteiger partial charge in [0.1, 0.15) is 5.75 Å². The molecule has 0 spiro atoms. The van der Waals surface area contributed by atoms with E-state index in [-0.39, 0.29) is 0 Å². The molecule has 1 saturated carbocycles. The molecule has 2 N–H and O–H groups in total. The maximum absolute atomic E-state index is 6.31. The van der Waals surface area contributed by atoms with Crippen LogP contribution in [0.4, 0.5) is 5.69 Å². The van der Waals surface area contributed by atoms with E-state index >= 15 is 0 Å². The molecule has 1 aromatic rings. The lowest BCUT2D eigenvalue weighted by atomic mass is 9.99. The zero-order chi connectivity index (χ0) is 13.8. The van der Waals surface area contributed by atoms with Crippen LogP contribution in [0.15, 0.2) is 12.1 Å². The molecule has 0 amide bonds. The summed E-state index contributed by atoms with van der Waals surface area (Å²) in [4.78, 5) is 0. The zero-order valence-electron chi connectivity index (χ0n) is 12.5. The molecule has 0 saturated heterocycles. The third kappa shape index (κ3) is 3.65. The molecule has 0 unspecified atom stereocenters. The molecule has 2 heteroatoms. The summed E-state index contributed by atoms with van der Waals surface area (Å²) in [6.45, 7) is 6.45. The lowest BCUT2D eigenvalue weighted by molar-refractivity contribution is 0.181. The number of rotatable bonds is 3. The van der Waals surface area contributed by atoms with Gasteiger partial charge in [-0.3, -0.25) is 0 Å². The Morgan fingerprint density at radius 2 is 1.74 bits per heavy atom. The molecule has 0 aromatic heterocycles. The summed E-state index contributed by atoms with van der Waals surface area (Å²) in [5.41, 5.74) is 9.26. The number of nitrogen functional groups attached to an aromatic ring is 1. The molecule has 106 valence electrons. The Labute approximate surface area is 117 Å².